The highest BCUT2D eigenvalue weighted by Crippen LogP contribution is 2.25. The summed E-state index contributed by atoms with van der Waals surface area (Å²) >= 11 is 3.42. The molecule has 1 aliphatic heterocycles. The fourth-order valence-electron chi connectivity index (χ4n) is 2.08. The van der Waals surface area contributed by atoms with Crippen molar-refractivity contribution in [3.05, 3.63) is 28.2 Å². The summed E-state index contributed by atoms with van der Waals surface area (Å²) in [5.41, 5.74) is 1.00. The minimum absolute atomic E-state index is 0.163. The third-order valence-electron chi connectivity index (χ3n) is 3.18. The van der Waals surface area contributed by atoms with E-state index >= 15 is 0 Å². The number of urea groups is 1. The Morgan fingerprint density at radius 2 is 2.35 bits per heavy atom. The van der Waals surface area contributed by atoms with Crippen LogP contribution in [0.4, 0.5) is 4.79 Å². The molecule has 0 unspecified atom stereocenters. The van der Waals surface area contributed by atoms with Crippen molar-refractivity contribution in [3.8, 4) is 5.75 Å². The molecule has 1 fully saturated rings. The minimum Gasteiger partial charge on any atom is -0.496 e. The van der Waals surface area contributed by atoms with Gasteiger partial charge >= 0.3 is 6.03 Å². The summed E-state index contributed by atoms with van der Waals surface area (Å²) in [4.78, 5) is 11.7. The zero-order chi connectivity index (χ0) is 14.4. The lowest BCUT2D eigenvalue weighted by atomic mass is 10.2. The Hall–Kier alpha value is -1.27. The van der Waals surface area contributed by atoms with Crippen LogP contribution in [0.2, 0.25) is 0 Å². The Morgan fingerprint density at radius 3 is 3.00 bits per heavy atom. The molecule has 0 aromatic heterocycles. The Labute approximate surface area is 127 Å². The summed E-state index contributed by atoms with van der Waals surface area (Å²) in [5, 5.41) is 5.64. The molecule has 2 amide bonds. The zero-order valence-corrected chi connectivity index (χ0v) is 13.0. The first kappa shape index (κ1) is 15.1. The number of hydrogen-bond acceptors (Lipinski definition) is 3. The van der Waals surface area contributed by atoms with Gasteiger partial charge in [-0.3, -0.25) is 0 Å². The van der Waals surface area contributed by atoms with E-state index in [1.165, 1.54) is 0 Å². The maximum absolute atomic E-state index is 11.7. The molecular formula is C14H19BrN2O3. The predicted molar refractivity (Wildman–Crippen MR) is 79.9 cm³/mol. The first-order valence-corrected chi connectivity index (χ1v) is 7.44. The normalized spacial score (nSPS) is 17.8. The van der Waals surface area contributed by atoms with Gasteiger partial charge in [0.2, 0.25) is 0 Å². The first-order valence-electron chi connectivity index (χ1n) is 6.65. The van der Waals surface area contributed by atoms with Gasteiger partial charge < -0.3 is 20.1 Å². The summed E-state index contributed by atoms with van der Waals surface area (Å²) < 4.78 is 11.5. The number of carbonyl (C=O) groups is 1. The molecule has 0 radical (unpaired) electrons. The lowest BCUT2D eigenvalue weighted by Crippen LogP contribution is -2.39. The fourth-order valence-corrected chi connectivity index (χ4v) is 2.66. The molecule has 20 heavy (non-hydrogen) atoms. The molecule has 0 spiro atoms. The van der Waals surface area contributed by atoms with Crippen LogP contribution in [0.15, 0.2) is 22.7 Å². The smallest absolute Gasteiger partial charge is 0.315 e. The summed E-state index contributed by atoms with van der Waals surface area (Å²) in [6.07, 6.45) is 2.26. The van der Waals surface area contributed by atoms with Crippen molar-refractivity contribution >= 4 is 22.0 Å². The van der Waals surface area contributed by atoms with Gasteiger partial charge in [0.15, 0.2) is 0 Å². The van der Waals surface area contributed by atoms with Crippen molar-refractivity contribution < 1.29 is 14.3 Å². The highest BCUT2D eigenvalue weighted by molar-refractivity contribution is 9.10. The molecule has 1 aromatic rings. The van der Waals surface area contributed by atoms with E-state index in [-0.39, 0.29) is 12.1 Å². The highest BCUT2D eigenvalue weighted by atomic mass is 79.9. The molecule has 5 nitrogen and oxygen atoms in total. The molecule has 1 aromatic carbocycles. The number of halogens is 1. The van der Waals surface area contributed by atoms with Crippen molar-refractivity contribution in [2.45, 2.75) is 25.5 Å². The van der Waals surface area contributed by atoms with E-state index in [1.807, 2.05) is 18.2 Å². The molecule has 0 bridgehead atoms. The third-order valence-corrected chi connectivity index (χ3v) is 3.80. The topological polar surface area (TPSA) is 59.6 Å². The van der Waals surface area contributed by atoms with Crippen LogP contribution in [0.5, 0.6) is 5.75 Å². The van der Waals surface area contributed by atoms with Gasteiger partial charge in [0.25, 0.3) is 0 Å². The lowest BCUT2D eigenvalue weighted by molar-refractivity contribution is 0.111. The van der Waals surface area contributed by atoms with E-state index in [0.717, 1.165) is 35.2 Å². The number of rotatable bonds is 5. The molecule has 1 atom stereocenters. The monoisotopic (exact) mass is 342 g/mol. The van der Waals surface area contributed by atoms with Crippen LogP contribution in [-0.4, -0.2) is 32.4 Å². The molecule has 110 valence electrons. The van der Waals surface area contributed by atoms with E-state index in [9.17, 15) is 4.79 Å². The van der Waals surface area contributed by atoms with Crippen molar-refractivity contribution in [1.29, 1.82) is 0 Å². The number of hydrogen-bond donors (Lipinski definition) is 2. The quantitative estimate of drug-likeness (QED) is 0.863. The van der Waals surface area contributed by atoms with Gasteiger partial charge in [-0.1, -0.05) is 6.07 Å². The van der Waals surface area contributed by atoms with Crippen LogP contribution in [0, 0.1) is 0 Å². The molecule has 1 saturated heterocycles. The maximum atomic E-state index is 11.7. The number of methoxy groups -OCH3 is 1. The summed E-state index contributed by atoms with van der Waals surface area (Å²) in [6.45, 7) is 1.84. The van der Waals surface area contributed by atoms with E-state index in [0.29, 0.717) is 13.1 Å². The second-order valence-corrected chi connectivity index (χ2v) is 5.52. The fraction of sp³-hybridized carbons (Fsp3) is 0.500. The summed E-state index contributed by atoms with van der Waals surface area (Å²) in [6, 6.07) is 5.54. The largest absolute Gasteiger partial charge is 0.496 e. The SMILES string of the molecule is COc1ccc(CNC(=O)NC[C@H]2CCCO2)cc1Br. The molecule has 2 rings (SSSR count). The Balaban J connectivity index is 1.73. The number of carbonyl (C=O) groups excluding carboxylic acids is 1. The van der Waals surface area contributed by atoms with E-state index < -0.39 is 0 Å². The Bertz CT molecular complexity index is 462. The molecule has 1 heterocycles. The maximum Gasteiger partial charge on any atom is 0.315 e. The number of amides is 2. The van der Waals surface area contributed by atoms with Crippen molar-refractivity contribution in [2.24, 2.45) is 0 Å². The van der Waals surface area contributed by atoms with Gasteiger partial charge in [0.05, 0.1) is 17.7 Å². The summed E-state index contributed by atoms with van der Waals surface area (Å²) in [7, 11) is 1.62. The van der Waals surface area contributed by atoms with Gasteiger partial charge in [0, 0.05) is 19.7 Å². The number of ether oxygens (including phenoxy) is 2. The number of nitrogens with one attached hydrogen (secondary N) is 2. The predicted octanol–water partition coefficient (Wildman–Crippen LogP) is 2.44. The van der Waals surface area contributed by atoms with Crippen LogP contribution in [0.1, 0.15) is 18.4 Å². The molecule has 1 aliphatic rings. The average molecular weight is 343 g/mol. The van der Waals surface area contributed by atoms with Crippen LogP contribution >= 0.6 is 15.9 Å². The van der Waals surface area contributed by atoms with Crippen molar-refractivity contribution in [3.63, 3.8) is 0 Å². The number of benzene rings is 1. The molecular weight excluding hydrogens is 324 g/mol. The molecule has 0 saturated carbocycles. The Morgan fingerprint density at radius 1 is 1.50 bits per heavy atom. The van der Waals surface area contributed by atoms with Crippen LogP contribution in [-0.2, 0) is 11.3 Å². The molecule has 0 aliphatic carbocycles. The van der Waals surface area contributed by atoms with Gasteiger partial charge in [-0.15, -0.1) is 0 Å². The Kier molecular flexibility index (Phi) is 5.67. The molecule has 2 N–H and O–H groups in total. The van der Waals surface area contributed by atoms with Crippen LogP contribution in [0.25, 0.3) is 0 Å². The van der Waals surface area contributed by atoms with Gasteiger partial charge in [-0.25, -0.2) is 4.79 Å². The van der Waals surface area contributed by atoms with E-state index in [4.69, 9.17) is 9.47 Å². The minimum atomic E-state index is -0.174. The van der Waals surface area contributed by atoms with Gasteiger partial charge in [-0.05, 0) is 46.5 Å². The highest BCUT2D eigenvalue weighted by Gasteiger charge is 2.15. The zero-order valence-electron chi connectivity index (χ0n) is 11.4. The second kappa shape index (κ2) is 7.50. The van der Waals surface area contributed by atoms with Gasteiger partial charge in [-0.2, -0.15) is 0 Å². The molecule has 6 heteroatoms. The van der Waals surface area contributed by atoms with Crippen LogP contribution in [0.3, 0.4) is 0 Å². The summed E-state index contributed by atoms with van der Waals surface area (Å²) in [5.74, 6) is 0.775. The lowest BCUT2D eigenvalue weighted by Gasteiger charge is -2.12. The third kappa shape index (κ3) is 4.38. The van der Waals surface area contributed by atoms with Crippen LogP contribution < -0.4 is 15.4 Å². The van der Waals surface area contributed by atoms with E-state index in [1.54, 1.807) is 7.11 Å². The second-order valence-electron chi connectivity index (χ2n) is 4.67. The standard InChI is InChI=1S/C14H19BrN2O3/c1-19-13-5-4-10(7-12(13)15)8-16-14(18)17-9-11-3-2-6-20-11/h4-5,7,11H,2-3,6,8-9H2,1H3,(H2,16,17,18)/t11-/m1/s1. The average Bonchev–Trinajstić information content (AvgIpc) is 2.96. The first-order chi connectivity index (χ1) is 9.69. The van der Waals surface area contributed by atoms with Crippen molar-refractivity contribution in [1.82, 2.24) is 10.6 Å². The van der Waals surface area contributed by atoms with Gasteiger partial charge in [0.1, 0.15) is 5.75 Å². The van der Waals surface area contributed by atoms with E-state index in [2.05, 4.69) is 26.6 Å². The van der Waals surface area contributed by atoms with Crippen molar-refractivity contribution in [2.75, 3.05) is 20.3 Å².